The Morgan fingerprint density at radius 1 is 1.30 bits per heavy atom. The summed E-state index contributed by atoms with van der Waals surface area (Å²) in [7, 11) is 0. The van der Waals surface area contributed by atoms with Crippen molar-refractivity contribution in [3.05, 3.63) is 61.4 Å². The zero-order chi connectivity index (χ0) is 21.4. The van der Waals surface area contributed by atoms with Crippen LogP contribution >= 0.6 is 11.6 Å². The number of benzene rings is 1. The molecule has 0 aromatic heterocycles. The summed E-state index contributed by atoms with van der Waals surface area (Å²) in [6, 6.07) is 4.50. The van der Waals surface area contributed by atoms with Gasteiger partial charge in [0.1, 0.15) is 5.02 Å². The number of allylic oxidation sites excluding steroid dienone is 3. The van der Waals surface area contributed by atoms with Gasteiger partial charge in [-0.3, -0.25) is 19.7 Å². The van der Waals surface area contributed by atoms with Crippen LogP contribution in [0.15, 0.2) is 40.7 Å². The minimum atomic E-state index is -0.666. The van der Waals surface area contributed by atoms with Crippen LogP contribution in [0.3, 0.4) is 0 Å². The number of halogens is 1. The predicted octanol–water partition coefficient (Wildman–Crippen LogP) is 3.07. The first kappa shape index (κ1) is 20.6. The van der Waals surface area contributed by atoms with Gasteiger partial charge in [-0.25, -0.2) is 0 Å². The zero-order valence-corrected chi connectivity index (χ0v) is 17.3. The van der Waals surface area contributed by atoms with Gasteiger partial charge in [0.05, 0.1) is 18.1 Å². The Labute approximate surface area is 178 Å². The van der Waals surface area contributed by atoms with Crippen LogP contribution in [0.2, 0.25) is 5.02 Å². The Bertz CT molecular complexity index is 994. The summed E-state index contributed by atoms with van der Waals surface area (Å²) < 4.78 is 5.36. The number of carbonyl (C=O) groups is 2. The van der Waals surface area contributed by atoms with Crippen molar-refractivity contribution in [2.75, 3.05) is 26.3 Å². The highest BCUT2D eigenvalue weighted by Gasteiger charge is 2.40. The molecule has 0 bridgehead atoms. The minimum Gasteiger partial charge on any atom is -0.378 e. The normalized spacial score (nSPS) is 22.0. The second-order valence-corrected chi connectivity index (χ2v) is 8.05. The molecule has 30 heavy (non-hydrogen) atoms. The van der Waals surface area contributed by atoms with Crippen molar-refractivity contribution in [3.63, 3.8) is 0 Å². The number of rotatable bonds is 3. The van der Waals surface area contributed by atoms with Crippen molar-refractivity contribution in [2.24, 2.45) is 0 Å². The lowest BCUT2D eigenvalue weighted by Crippen LogP contribution is -2.44. The van der Waals surface area contributed by atoms with Crippen LogP contribution in [0, 0.1) is 10.1 Å². The fourth-order valence-corrected chi connectivity index (χ4v) is 4.57. The van der Waals surface area contributed by atoms with Gasteiger partial charge in [0.15, 0.2) is 5.78 Å². The summed E-state index contributed by atoms with van der Waals surface area (Å²) in [6.07, 6.45) is 1.83. The number of nitro benzene ring substituents is 1. The second-order valence-electron chi connectivity index (χ2n) is 7.64. The molecule has 1 N–H and O–H groups in total. The Morgan fingerprint density at radius 3 is 2.73 bits per heavy atom. The average Bonchev–Trinajstić information content (AvgIpc) is 2.73. The van der Waals surface area contributed by atoms with Crippen LogP contribution < -0.4 is 5.32 Å². The molecule has 1 aliphatic carbocycles. The molecule has 1 aromatic carbocycles. The molecular weight excluding hydrogens is 410 g/mol. The first-order valence-corrected chi connectivity index (χ1v) is 10.3. The number of Topliss-reactive ketones (excluding diaryl/α,β-unsaturated/α-hetero) is 1. The molecule has 1 amide bonds. The van der Waals surface area contributed by atoms with Gasteiger partial charge in [-0.2, -0.15) is 0 Å². The van der Waals surface area contributed by atoms with E-state index >= 15 is 0 Å². The molecule has 2 heterocycles. The monoisotopic (exact) mass is 431 g/mol. The largest absolute Gasteiger partial charge is 0.378 e. The maximum Gasteiger partial charge on any atom is 0.288 e. The van der Waals surface area contributed by atoms with Crippen LogP contribution in [0.4, 0.5) is 5.69 Å². The number of amides is 1. The summed E-state index contributed by atoms with van der Waals surface area (Å²) >= 11 is 6.01. The third-order valence-electron chi connectivity index (χ3n) is 5.80. The number of nitro groups is 1. The molecule has 0 radical (unpaired) electrons. The van der Waals surface area contributed by atoms with Gasteiger partial charge in [0.25, 0.3) is 11.6 Å². The summed E-state index contributed by atoms with van der Waals surface area (Å²) in [5.74, 6) is -0.887. The van der Waals surface area contributed by atoms with Crippen molar-refractivity contribution in [1.82, 2.24) is 10.2 Å². The molecule has 0 saturated carbocycles. The molecule has 2 aliphatic heterocycles. The van der Waals surface area contributed by atoms with E-state index in [0.717, 1.165) is 12.1 Å². The first-order valence-electron chi connectivity index (χ1n) is 9.93. The van der Waals surface area contributed by atoms with Crippen LogP contribution in [0.5, 0.6) is 0 Å². The molecular formula is C21H22ClN3O5. The second kappa shape index (κ2) is 8.20. The maximum absolute atomic E-state index is 13.5. The number of ether oxygens (including phenoxy) is 1. The molecule has 1 aromatic rings. The highest BCUT2D eigenvalue weighted by atomic mass is 35.5. The number of dihydropyridines is 1. The minimum absolute atomic E-state index is 0.0172. The molecule has 3 aliphatic rings. The molecule has 0 unspecified atom stereocenters. The van der Waals surface area contributed by atoms with E-state index in [1.165, 1.54) is 12.1 Å². The van der Waals surface area contributed by atoms with E-state index in [2.05, 4.69) is 5.32 Å². The SMILES string of the molecule is CC1=C(C(=O)N2CCOCC2)[C@@H](c2ccc(Cl)c([N+](=O)[O-])c2)C2=C(CCCC2=O)N1. The number of hydrogen-bond donors (Lipinski definition) is 1. The maximum atomic E-state index is 13.5. The van der Waals surface area contributed by atoms with E-state index in [4.69, 9.17) is 16.3 Å². The summed E-state index contributed by atoms with van der Waals surface area (Å²) in [5, 5.41) is 14.7. The van der Waals surface area contributed by atoms with E-state index in [0.29, 0.717) is 61.6 Å². The average molecular weight is 432 g/mol. The Balaban J connectivity index is 1.86. The van der Waals surface area contributed by atoms with E-state index < -0.39 is 10.8 Å². The molecule has 1 fully saturated rings. The number of nitrogens with one attached hydrogen (secondary N) is 1. The number of ketones is 1. The van der Waals surface area contributed by atoms with Crippen molar-refractivity contribution < 1.29 is 19.2 Å². The van der Waals surface area contributed by atoms with E-state index in [1.54, 1.807) is 11.0 Å². The number of hydrogen-bond acceptors (Lipinski definition) is 6. The van der Waals surface area contributed by atoms with Gasteiger partial charge >= 0.3 is 0 Å². The van der Waals surface area contributed by atoms with Gasteiger partial charge in [-0.1, -0.05) is 17.7 Å². The Hall–Kier alpha value is -2.71. The third kappa shape index (κ3) is 3.61. The van der Waals surface area contributed by atoms with Gasteiger partial charge < -0.3 is 15.0 Å². The van der Waals surface area contributed by atoms with Crippen molar-refractivity contribution >= 4 is 29.0 Å². The van der Waals surface area contributed by atoms with Gasteiger partial charge in [-0.05, 0) is 31.4 Å². The lowest BCUT2D eigenvalue weighted by atomic mass is 9.74. The number of nitrogens with zero attached hydrogens (tertiary/aromatic N) is 2. The smallest absolute Gasteiger partial charge is 0.288 e. The molecule has 9 heteroatoms. The fourth-order valence-electron chi connectivity index (χ4n) is 4.39. The summed E-state index contributed by atoms with van der Waals surface area (Å²) in [5.41, 5.74) is 2.72. The van der Waals surface area contributed by atoms with Crippen molar-refractivity contribution in [2.45, 2.75) is 32.1 Å². The van der Waals surface area contributed by atoms with Crippen molar-refractivity contribution in [3.8, 4) is 0 Å². The summed E-state index contributed by atoms with van der Waals surface area (Å²) in [4.78, 5) is 39.0. The van der Waals surface area contributed by atoms with Crippen molar-refractivity contribution in [1.29, 1.82) is 0 Å². The van der Waals surface area contributed by atoms with Crippen LogP contribution in [0.1, 0.15) is 37.7 Å². The molecule has 1 saturated heterocycles. The summed E-state index contributed by atoms with van der Waals surface area (Å²) in [6.45, 7) is 3.64. The molecule has 1 atom stereocenters. The predicted molar refractivity (Wildman–Crippen MR) is 110 cm³/mol. The highest BCUT2D eigenvalue weighted by molar-refractivity contribution is 6.32. The highest BCUT2D eigenvalue weighted by Crippen LogP contribution is 2.44. The fraction of sp³-hybridized carbons (Fsp3) is 0.429. The molecule has 8 nitrogen and oxygen atoms in total. The first-order chi connectivity index (χ1) is 14.4. The Morgan fingerprint density at radius 2 is 2.03 bits per heavy atom. The van der Waals surface area contributed by atoms with Crippen LogP contribution in [0.25, 0.3) is 0 Å². The lowest BCUT2D eigenvalue weighted by molar-refractivity contribution is -0.384. The molecule has 4 rings (SSSR count). The molecule has 0 spiro atoms. The van der Waals surface area contributed by atoms with E-state index in [-0.39, 0.29) is 22.4 Å². The lowest BCUT2D eigenvalue weighted by Gasteiger charge is -2.37. The number of carbonyl (C=O) groups excluding carboxylic acids is 2. The quantitative estimate of drug-likeness (QED) is 0.583. The van der Waals surface area contributed by atoms with Gasteiger partial charge in [0, 0.05) is 54.0 Å². The topological polar surface area (TPSA) is 102 Å². The standard InChI is InChI=1S/C21H22ClN3O5/c1-12-18(21(27)24-7-9-30-10-8-24)19(20-15(23-12)3-2-4-17(20)26)13-5-6-14(22)16(11-13)25(28)29/h5-6,11,19,23H,2-4,7-10H2,1H3/t19-/m1/s1. The van der Waals surface area contributed by atoms with Gasteiger partial charge in [-0.15, -0.1) is 0 Å². The zero-order valence-electron chi connectivity index (χ0n) is 16.6. The van der Waals surface area contributed by atoms with Crippen LogP contribution in [-0.2, 0) is 14.3 Å². The van der Waals surface area contributed by atoms with E-state index in [9.17, 15) is 19.7 Å². The van der Waals surface area contributed by atoms with E-state index in [1.807, 2.05) is 6.92 Å². The van der Waals surface area contributed by atoms with Crippen LogP contribution in [-0.4, -0.2) is 47.8 Å². The Kier molecular flexibility index (Phi) is 5.62. The molecule has 158 valence electrons. The van der Waals surface area contributed by atoms with Gasteiger partial charge in [0.2, 0.25) is 0 Å². The third-order valence-corrected chi connectivity index (χ3v) is 6.12. The number of morpholine rings is 1.